The molecule has 0 N–H and O–H groups in total. The Morgan fingerprint density at radius 1 is 1.70 bits per heavy atom. The normalized spacial score (nSPS) is 8.10. The van der Waals surface area contributed by atoms with Crippen LogP contribution in [-0.2, 0) is 0 Å². The number of Topliss-reactive ketones (excluding diaryl/α,β-unsaturated/α-hetero) is 1. The SMILES string of the molecule is CC#CC(=O)c1ccoc1. The van der Waals surface area contributed by atoms with E-state index in [1.54, 1.807) is 13.0 Å². The first-order valence-corrected chi connectivity index (χ1v) is 2.84. The molecule has 0 spiro atoms. The van der Waals surface area contributed by atoms with Gasteiger partial charge in [-0.2, -0.15) is 0 Å². The molecule has 0 aromatic carbocycles. The van der Waals surface area contributed by atoms with Gasteiger partial charge in [-0.3, -0.25) is 4.79 Å². The van der Waals surface area contributed by atoms with Crippen LogP contribution in [0.5, 0.6) is 0 Å². The average molecular weight is 134 g/mol. The van der Waals surface area contributed by atoms with E-state index in [1.807, 2.05) is 0 Å². The van der Waals surface area contributed by atoms with Crippen LogP contribution in [0.3, 0.4) is 0 Å². The lowest BCUT2D eigenvalue weighted by molar-refractivity contribution is 0.105. The van der Waals surface area contributed by atoms with E-state index in [4.69, 9.17) is 4.42 Å². The lowest BCUT2D eigenvalue weighted by Gasteiger charge is -1.78. The number of furan rings is 1. The molecule has 0 aliphatic carbocycles. The summed E-state index contributed by atoms with van der Waals surface area (Å²) in [7, 11) is 0. The van der Waals surface area contributed by atoms with Crippen LogP contribution in [0.25, 0.3) is 0 Å². The van der Waals surface area contributed by atoms with E-state index in [9.17, 15) is 4.79 Å². The Hall–Kier alpha value is -1.49. The van der Waals surface area contributed by atoms with Gasteiger partial charge in [0.1, 0.15) is 6.26 Å². The maximum Gasteiger partial charge on any atom is 0.239 e. The molecule has 1 rings (SSSR count). The van der Waals surface area contributed by atoms with Gasteiger partial charge in [-0.15, -0.1) is 0 Å². The minimum absolute atomic E-state index is 0.198. The molecule has 1 aromatic heterocycles. The van der Waals surface area contributed by atoms with Crippen molar-refractivity contribution >= 4 is 5.78 Å². The first-order valence-electron chi connectivity index (χ1n) is 2.84. The van der Waals surface area contributed by atoms with Crippen LogP contribution in [0.2, 0.25) is 0 Å². The first-order chi connectivity index (χ1) is 4.84. The predicted octanol–water partition coefficient (Wildman–Crippen LogP) is 1.49. The number of hydrogen-bond acceptors (Lipinski definition) is 2. The Bertz CT molecular complexity index is 272. The predicted molar refractivity (Wildman–Crippen MR) is 36.5 cm³/mol. The Kier molecular flexibility index (Phi) is 1.91. The van der Waals surface area contributed by atoms with Gasteiger partial charge in [0.2, 0.25) is 5.78 Å². The number of rotatable bonds is 1. The highest BCUT2D eigenvalue weighted by atomic mass is 16.3. The summed E-state index contributed by atoms with van der Waals surface area (Å²) in [5.41, 5.74) is 0.509. The van der Waals surface area contributed by atoms with Crippen LogP contribution >= 0.6 is 0 Å². The highest BCUT2D eigenvalue weighted by Crippen LogP contribution is 1.99. The van der Waals surface area contributed by atoms with Gasteiger partial charge in [-0.25, -0.2) is 0 Å². The van der Waals surface area contributed by atoms with Crippen molar-refractivity contribution in [2.45, 2.75) is 6.92 Å². The highest BCUT2D eigenvalue weighted by Gasteiger charge is 2.00. The van der Waals surface area contributed by atoms with Crippen LogP contribution in [0, 0.1) is 11.8 Å². The second kappa shape index (κ2) is 2.88. The van der Waals surface area contributed by atoms with E-state index < -0.39 is 0 Å². The van der Waals surface area contributed by atoms with Crippen molar-refractivity contribution in [3.8, 4) is 11.8 Å². The highest BCUT2D eigenvalue weighted by molar-refractivity contribution is 6.08. The summed E-state index contributed by atoms with van der Waals surface area (Å²) in [5, 5.41) is 0. The lowest BCUT2D eigenvalue weighted by Crippen LogP contribution is -1.90. The van der Waals surface area contributed by atoms with Crippen molar-refractivity contribution in [3.63, 3.8) is 0 Å². The van der Waals surface area contributed by atoms with E-state index in [1.165, 1.54) is 12.5 Å². The molecule has 0 unspecified atom stereocenters. The zero-order valence-electron chi connectivity index (χ0n) is 5.55. The number of ketones is 1. The minimum Gasteiger partial charge on any atom is -0.472 e. The number of carbonyl (C=O) groups excluding carboxylic acids is 1. The van der Waals surface area contributed by atoms with Gasteiger partial charge in [-0.1, -0.05) is 5.92 Å². The van der Waals surface area contributed by atoms with Crippen LogP contribution < -0.4 is 0 Å². The van der Waals surface area contributed by atoms with Crippen molar-refractivity contribution < 1.29 is 9.21 Å². The molecular weight excluding hydrogens is 128 g/mol. The van der Waals surface area contributed by atoms with Gasteiger partial charge < -0.3 is 4.42 Å². The van der Waals surface area contributed by atoms with Gasteiger partial charge >= 0.3 is 0 Å². The van der Waals surface area contributed by atoms with Crippen molar-refractivity contribution in [2.75, 3.05) is 0 Å². The van der Waals surface area contributed by atoms with Crippen LogP contribution in [-0.4, -0.2) is 5.78 Å². The van der Waals surface area contributed by atoms with E-state index >= 15 is 0 Å². The van der Waals surface area contributed by atoms with E-state index in [0.29, 0.717) is 5.56 Å². The van der Waals surface area contributed by atoms with E-state index in [2.05, 4.69) is 11.8 Å². The molecule has 1 heterocycles. The molecule has 10 heavy (non-hydrogen) atoms. The fourth-order valence-corrected chi connectivity index (χ4v) is 0.579. The van der Waals surface area contributed by atoms with Crippen LogP contribution in [0.15, 0.2) is 23.0 Å². The zero-order chi connectivity index (χ0) is 7.40. The third kappa shape index (κ3) is 1.26. The lowest BCUT2D eigenvalue weighted by atomic mass is 10.2. The molecule has 0 aliphatic heterocycles. The average Bonchev–Trinajstić information content (AvgIpc) is 2.38. The van der Waals surface area contributed by atoms with Crippen molar-refractivity contribution in [1.29, 1.82) is 0 Å². The Morgan fingerprint density at radius 3 is 3.00 bits per heavy atom. The van der Waals surface area contributed by atoms with Gasteiger partial charge in [0, 0.05) is 0 Å². The molecule has 2 nitrogen and oxygen atoms in total. The number of hydrogen-bond donors (Lipinski definition) is 0. The molecule has 2 heteroatoms. The van der Waals surface area contributed by atoms with Crippen molar-refractivity contribution in [2.24, 2.45) is 0 Å². The summed E-state index contributed by atoms with van der Waals surface area (Å²) in [6, 6.07) is 1.59. The molecule has 0 saturated heterocycles. The smallest absolute Gasteiger partial charge is 0.239 e. The standard InChI is InChI=1S/C8H6O2/c1-2-3-8(9)7-4-5-10-6-7/h4-6H,1H3. The van der Waals surface area contributed by atoms with Gasteiger partial charge in [0.15, 0.2) is 0 Å². The molecule has 50 valence electrons. The Labute approximate surface area is 58.8 Å². The summed E-state index contributed by atoms with van der Waals surface area (Å²) >= 11 is 0. The summed E-state index contributed by atoms with van der Waals surface area (Å²) in [6.45, 7) is 1.62. The topological polar surface area (TPSA) is 30.2 Å². The third-order valence-electron chi connectivity index (χ3n) is 1.02. The zero-order valence-corrected chi connectivity index (χ0v) is 5.55. The van der Waals surface area contributed by atoms with E-state index in [0.717, 1.165) is 0 Å². The van der Waals surface area contributed by atoms with Crippen molar-refractivity contribution in [3.05, 3.63) is 24.2 Å². The molecule has 0 bridgehead atoms. The summed E-state index contributed by atoms with van der Waals surface area (Å²) < 4.78 is 4.69. The Balaban J connectivity index is 2.85. The molecule has 1 aromatic rings. The van der Waals surface area contributed by atoms with Gasteiger partial charge in [-0.05, 0) is 18.9 Å². The monoisotopic (exact) mass is 134 g/mol. The summed E-state index contributed by atoms with van der Waals surface area (Å²) in [5.74, 6) is 4.72. The number of carbonyl (C=O) groups is 1. The molecule has 0 fully saturated rings. The quantitative estimate of drug-likeness (QED) is 0.331. The van der Waals surface area contributed by atoms with Crippen LogP contribution in [0.4, 0.5) is 0 Å². The molecule has 0 radical (unpaired) electrons. The van der Waals surface area contributed by atoms with Crippen molar-refractivity contribution in [1.82, 2.24) is 0 Å². The van der Waals surface area contributed by atoms with E-state index in [-0.39, 0.29) is 5.78 Å². The Morgan fingerprint density at radius 2 is 2.50 bits per heavy atom. The molecule has 0 aliphatic rings. The summed E-state index contributed by atoms with van der Waals surface area (Å²) in [4.78, 5) is 10.9. The molecule has 0 atom stereocenters. The first kappa shape index (κ1) is 6.63. The minimum atomic E-state index is -0.198. The maximum absolute atomic E-state index is 10.9. The van der Waals surface area contributed by atoms with Gasteiger partial charge in [0.05, 0.1) is 11.8 Å². The second-order valence-corrected chi connectivity index (χ2v) is 1.72. The summed E-state index contributed by atoms with van der Waals surface area (Å²) in [6.07, 6.45) is 2.83. The fraction of sp³-hybridized carbons (Fsp3) is 0.125. The van der Waals surface area contributed by atoms with Crippen LogP contribution in [0.1, 0.15) is 17.3 Å². The maximum atomic E-state index is 10.9. The fourth-order valence-electron chi connectivity index (χ4n) is 0.579. The molecule has 0 amide bonds. The molecule has 0 saturated carbocycles. The molecular formula is C8H6O2. The largest absolute Gasteiger partial charge is 0.472 e. The second-order valence-electron chi connectivity index (χ2n) is 1.72. The third-order valence-corrected chi connectivity index (χ3v) is 1.02. The van der Waals surface area contributed by atoms with Gasteiger partial charge in [0.25, 0.3) is 0 Å².